The Morgan fingerprint density at radius 3 is 2.32 bits per heavy atom. The van der Waals surface area contributed by atoms with Gasteiger partial charge in [0.15, 0.2) is 0 Å². The molecule has 1 aromatic rings. The van der Waals surface area contributed by atoms with Crippen molar-refractivity contribution < 1.29 is 0 Å². The van der Waals surface area contributed by atoms with Gasteiger partial charge in [0.1, 0.15) is 0 Å². The minimum Gasteiger partial charge on any atom is -0.368 e. The minimum absolute atomic E-state index is 0.222. The number of nitrogen functional groups attached to an aromatic ring is 1. The van der Waals surface area contributed by atoms with E-state index in [1.165, 1.54) is 19.3 Å². The molecule has 1 aliphatic rings. The van der Waals surface area contributed by atoms with E-state index in [1.807, 2.05) is 19.0 Å². The monoisotopic (exact) mass is 265 g/mol. The summed E-state index contributed by atoms with van der Waals surface area (Å²) < 4.78 is 0. The van der Waals surface area contributed by atoms with Crippen molar-refractivity contribution in [3.63, 3.8) is 0 Å². The summed E-state index contributed by atoms with van der Waals surface area (Å²) in [6.07, 6.45) is 3.68. The Hall–Kier alpha value is -1.63. The zero-order chi connectivity index (χ0) is 14.0. The highest BCUT2D eigenvalue weighted by atomic mass is 15.3. The maximum atomic E-state index is 5.70. The molecule has 0 radical (unpaired) electrons. The molecule has 0 amide bonds. The normalized spacial score (nSPS) is 17.1. The van der Waals surface area contributed by atoms with Crippen LogP contribution in [-0.4, -0.2) is 60.1 Å². The van der Waals surface area contributed by atoms with E-state index in [0.29, 0.717) is 11.9 Å². The van der Waals surface area contributed by atoms with Crippen LogP contribution < -0.4 is 16.0 Å². The number of aromatic nitrogens is 3. The Kier molecular flexibility index (Phi) is 3.75. The van der Waals surface area contributed by atoms with Crippen molar-refractivity contribution in [2.75, 3.05) is 50.7 Å². The van der Waals surface area contributed by atoms with Gasteiger partial charge in [-0.1, -0.05) is 0 Å². The standard InChI is InChI=1S/C12H23N7/c1-18(2)11-16-9(13)15-10(17-11)14-8-12(19(3)4)6-5-7-12/h5-8H2,1-4H3,(H3,13,14,15,16,17). The summed E-state index contributed by atoms with van der Waals surface area (Å²) in [4.78, 5) is 16.7. The van der Waals surface area contributed by atoms with Crippen LogP contribution in [0.5, 0.6) is 0 Å². The second-order valence-electron chi connectivity index (χ2n) is 5.54. The number of hydrogen-bond acceptors (Lipinski definition) is 7. The number of rotatable bonds is 5. The number of nitrogens with zero attached hydrogens (tertiary/aromatic N) is 5. The van der Waals surface area contributed by atoms with Gasteiger partial charge in [-0.2, -0.15) is 15.0 Å². The molecule has 1 aromatic heterocycles. The van der Waals surface area contributed by atoms with Crippen molar-refractivity contribution >= 4 is 17.8 Å². The molecule has 1 saturated carbocycles. The van der Waals surface area contributed by atoms with Gasteiger partial charge in [0, 0.05) is 26.2 Å². The van der Waals surface area contributed by atoms with Crippen LogP contribution in [0.3, 0.4) is 0 Å². The summed E-state index contributed by atoms with van der Waals surface area (Å²) >= 11 is 0. The van der Waals surface area contributed by atoms with Gasteiger partial charge < -0.3 is 20.9 Å². The lowest BCUT2D eigenvalue weighted by molar-refractivity contribution is 0.0737. The average Bonchev–Trinajstić information content (AvgIpc) is 2.26. The first-order chi connectivity index (χ1) is 8.93. The van der Waals surface area contributed by atoms with Crippen LogP contribution in [-0.2, 0) is 0 Å². The van der Waals surface area contributed by atoms with E-state index in [2.05, 4.69) is 39.3 Å². The molecule has 0 bridgehead atoms. The molecule has 0 aliphatic heterocycles. The van der Waals surface area contributed by atoms with Crippen LogP contribution >= 0.6 is 0 Å². The molecular weight excluding hydrogens is 242 g/mol. The summed E-state index contributed by atoms with van der Waals surface area (Å²) in [6, 6.07) is 0. The van der Waals surface area contributed by atoms with Gasteiger partial charge in [-0.15, -0.1) is 0 Å². The van der Waals surface area contributed by atoms with Crippen LogP contribution in [0.15, 0.2) is 0 Å². The Labute approximate surface area is 114 Å². The SMILES string of the molecule is CN(C)c1nc(N)nc(NCC2(N(C)C)CCC2)n1. The largest absolute Gasteiger partial charge is 0.368 e. The molecule has 0 saturated heterocycles. The fourth-order valence-electron chi connectivity index (χ4n) is 2.27. The molecule has 7 nitrogen and oxygen atoms in total. The number of likely N-dealkylation sites (N-methyl/N-ethyl adjacent to an activating group) is 1. The quantitative estimate of drug-likeness (QED) is 0.798. The first kappa shape index (κ1) is 13.8. The van der Waals surface area contributed by atoms with E-state index in [1.54, 1.807) is 0 Å². The summed E-state index contributed by atoms with van der Waals surface area (Å²) in [5, 5.41) is 3.29. The topological polar surface area (TPSA) is 83.2 Å². The molecule has 0 unspecified atom stereocenters. The summed E-state index contributed by atoms with van der Waals surface area (Å²) in [7, 11) is 8.00. The minimum atomic E-state index is 0.222. The third-order valence-electron chi connectivity index (χ3n) is 3.85. The Morgan fingerprint density at radius 1 is 1.16 bits per heavy atom. The molecule has 0 spiro atoms. The van der Waals surface area contributed by atoms with E-state index in [4.69, 9.17) is 5.73 Å². The van der Waals surface area contributed by atoms with Crippen LogP contribution in [0.2, 0.25) is 0 Å². The Morgan fingerprint density at radius 2 is 1.84 bits per heavy atom. The predicted molar refractivity (Wildman–Crippen MR) is 77.3 cm³/mol. The van der Waals surface area contributed by atoms with E-state index in [9.17, 15) is 0 Å². The lowest BCUT2D eigenvalue weighted by Crippen LogP contribution is -2.54. The number of anilines is 3. The second kappa shape index (κ2) is 5.16. The molecule has 0 aromatic carbocycles. The van der Waals surface area contributed by atoms with Crippen LogP contribution in [0, 0.1) is 0 Å². The predicted octanol–water partition coefficient (Wildman–Crippen LogP) is 0.416. The van der Waals surface area contributed by atoms with E-state index < -0.39 is 0 Å². The van der Waals surface area contributed by atoms with Crippen LogP contribution in [0.4, 0.5) is 17.8 Å². The third kappa shape index (κ3) is 2.86. The summed E-state index contributed by atoms with van der Waals surface area (Å²) in [5.41, 5.74) is 5.93. The highest BCUT2D eigenvalue weighted by molar-refractivity contribution is 5.41. The smallest absolute Gasteiger partial charge is 0.231 e. The highest BCUT2D eigenvalue weighted by Crippen LogP contribution is 2.36. The van der Waals surface area contributed by atoms with Crippen molar-refractivity contribution in [2.24, 2.45) is 0 Å². The molecule has 1 heterocycles. The van der Waals surface area contributed by atoms with Gasteiger partial charge in [-0.05, 0) is 33.4 Å². The third-order valence-corrected chi connectivity index (χ3v) is 3.85. The number of nitrogens with one attached hydrogen (secondary N) is 1. The number of hydrogen-bond donors (Lipinski definition) is 2. The van der Waals surface area contributed by atoms with Crippen molar-refractivity contribution in [3.05, 3.63) is 0 Å². The van der Waals surface area contributed by atoms with E-state index in [-0.39, 0.29) is 11.5 Å². The summed E-state index contributed by atoms with van der Waals surface area (Å²) in [6.45, 7) is 0.830. The molecule has 3 N–H and O–H groups in total. The van der Waals surface area contributed by atoms with Gasteiger partial charge in [-0.3, -0.25) is 0 Å². The van der Waals surface area contributed by atoms with Crippen molar-refractivity contribution in [1.29, 1.82) is 0 Å². The Balaban J connectivity index is 2.07. The molecule has 19 heavy (non-hydrogen) atoms. The lowest BCUT2D eigenvalue weighted by atomic mass is 9.75. The average molecular weight is 265 g/mol. The second-order valence-corrected chi connectivity index (χ2v) is 5.54. The molecule has 1 fully saturated rings. The van der Waals surface area contributed by atoms with E-state index in [0.717, 1.165) is 6.54 Å². The van der Waals surface area contributed by atoms with Crippen molar-refractivity contribution in [3.8, 4) is 0 Å². The van der Waals surface area contributed by atoms with Gasteiger partial charge in [0.05, 0.1) is 0 Å². The molecule has 0 atom stereocenters. The van der Waals surface area contributed by atoms with Gasteiger partial charge in [0.2, 0.25) is 17.8 Å². The first-order valence-electron chi connectivity index (χ1n) is 6.53. The Bertz CT molecular complexity index is 440. The first-order valence-corrected chi connectivity index (χ1v) is 6.53. The molecule has 1 aliphatic carbocycles. The van der Waals surface area contributed by atoms with E-state index >= 15 is 0 Å². The summed E-state index contributed by atoms with van der Waals surface area (Å²) in [5.74, 6) is 1.36. The van der Waals surface area contributed by atoms with Crippen molar-refractivity contribution in [2.45, 2.75) is 24.8 Å². The van der Waals surface area contributed by atoms with Gasteiger partial charge in [0.25, 0.3) is 0 Å². The fraction of sp³-hybridized carbons (Fsp3) is 0.750. The van der Waals surface area contributed by atoms with Crippen LogP contribution in [0.1, 0.15) is 19.3 Å². The highest BCUT2D eigenvalue weighted by Gasteiger charge is 2.38. The molecule has 106 valence electrons. The maximum absolute atomic E-state index is 5.70. The van der Waals surface area contributed by atoms with Crippen LogP contribution in [0.25, 0.3) is 0 Å². The molecule has 7 heteroatoms. The fourth-order valence-corrected chi connectivity index (χ4v) is 2.27. The molecular formula is C12H23N7. The lowest BCUT2D eigenvalue weighted by Gasteiger charge is -2.47. The van der Waals surface area contributed by atoms with Gasteiger partial charge in [-0.25, -0.2) is 0 Å². The van der Waals surface area contributed by atoms with Crippen molar-refractivity contribution in [1.82, 2.24) is 19.9 Å². The molecule has 2 rings (SSSR count). The number of nitrogens with two attached hydrogens (primary N) is 1. The van der Waals surface area contributed by atoms with Gasteiger partial charge >= 0.3 is 0 Å². The maximum Gasteiger partial charge on any atom is 0.231 e. The zero-order valence-corrected chi connectivity index (χ0v) is 12.1. The zero-order valence-electron chi connectivity index (χ0n) is 12.1.